The minimum Gasteiger partial charge on any atom is -0.495 e. The van der Waals surface area contributed by atoms with Crippen LogP contribution in [-0.2, 0) is 9.59 Å². The zero-order valence-electron chi connectivity index (χ0n) is 15.6. The van der Waals surface area contributed by atoms with Crippen molar-refractivity contribution in [2.24, 2.45) is 0 Å². The Morgan fingerprint density at radius 3 is 2.44 bits per heavy atom. The highest BCUT2D eigenvalue weighted by Gasteiger charge is 2.18. The number of carbonyl (C=O) groups is 2. The number of benzene rings is 2. The van der Waals surface area contributed by atoms with E-state index in [4.69, 9.17) is 21.1 Å². The van der Waals surface area contributed by atoms with Crippen LogP contribution in [0.1, 0.15) is 20.3 Å². The lowest BCUT2D eigenvalue weighted by molar-refractivity contribution is -0.117. The lowest BCUT2D eigenvalue weighted by Gasteiger charge is -2.23. The number of methoxy groups -OCH3 is 1. The van der Waals surface area contributed by atoms with Crippen LogP contribution in [0.2, 0.25) is 5.02 Å². The van der Waals surface area contributed by atoms with E-state index >= 15 is 0 Å². The number of halogens is 1. The van der Waals surface area contributed by atoms with Crippen LogP contribution in [-0.4, -0.2) is 32.1 Å². The Bertz CT molecular complexity index is 793. The van der Waals surface area contributed by atoms with Crippen LogP contribution < -0.4 is 19.7 Å². The summed E-state index contributed by atoms with van der Waals surface area (Å²) in [7, 11) is 1.52. The van der Waals surface area contributed by atoms with Crippen LogP contribution in [0, 0.1) is 0 Å². The molecule has 0 aromatic heterocycles. The van der Waals surface area contributed by atoms with Crippen molar-refractivity contribution < 1.29 is 19.1 Å². The molecule has 0 spiro atoms. The number of nitrogens with zero attached hydrogens (tertiary/aromatic N) is 1. The third-order valence-corrected chi connectivity index (χ3v) is 4.06. The van der Waals surface area contributed by atoms with E-state index in [1.165, 1.54) is 18.9 Å². The van der Waals surface area contributed by atoms with Crippen LogP contribution in [0.4, 0.5) is 11.4 Å². The molecule has 0 heterocycles. The van der Waals surface area contributed by atoms with Crippen molar-refractivity contribution in [2.45, 2.75) is 20.3 Å². The van der Waals surface area contributed by atoms with Gasteiger partial charge in [0.1, 0.15) is 11.5 Å². The maximum atomic E-state index is 12.3. The molecule has 2 amide bonds. The third-order valence-electron chi connectivity index (χ3n) is 3.82. The summed E-state index contributed by atoms with van der Waals surface area (Å²) in [4.78, 5) is 25.8. The molecule has 0 fully saturated rings. The Morgan fingerprint density at radius 2 is 1.85 bits per heavy atom. The number of amides is 2. The van der Waals surface area contributed by atoms with Gasteiger partial charge in [-0.1, -0.05) is 11.6 Å². The number of rotatable bonds is 8. The first kappa shape index (κ1) is 20.6. The smallest absolute Gasteiger partial charge is 0.226 e. The molecule has 2 aromatic carbocycles. The molecule has 7 heteroatoms. The average Bonchev–Trinajstić information content (AvgIpc) is 2.63. The van der Waals surface area contributed by atoms with Crippen molar-refractivity contribution in [3.63, 3.8) is 0 Å². The van der Waals surface area contributed by atoms with Gasteiger partial charge < -0.3 is 19.7 Å². The third kappa shape index (κ3) is 5.89. The second-order valence-electron chi connectivity index (χ2n) is 5.74. The molecule has 27 heavy (non-hydrogen) atoms. The van der Waals surface area contributed by atoms with Crippen molar-refractivity contribution in [1.29, 1.82) is 0 Å². The number of ether oxygens (including phenoxy) is 2. The molecule has 0 atom stereocenters. The Hall–Kier alpha value is -2.73. The van der Waals surface area contributed by atoms with Crippen molar-refractivity contribution in [1.82, 2.24) is 0 Å². The maximum absolute atomic E-state index is 12.3. The second-order valence-corrected chi connectivity index (χ2v) is 6.18. The largest absolute Gasteiger partial charge is 0.495 e. The van der Waals surface area contributed by atoms with Gasteiger partial charge in [0.25, 0.3) is 0 Å². The highest BCUT2D eigenvalue weighted by molar-refractivity contribution is 6.31. The van der Waals surface area contributed by atoms with Crippen molar-refractivity contribution in [3.05, 3.63) is 47.5 Å². The molecule has 0 saturated heterocycles. The van der Waals surface area contributed by atoms with E-state index in [-0.39, 0.29) is 24.8 Å². The van der Waals surface area contributed by atoms with E-state index in [9.17, 15) is 9.59 Å². The normalized spacial score (nSPS) is 10.2. The number of carbonyl (C=O) groups excluding carboxylic acids is 2. The maximum Gasteiger partial charge on any atom is 0.226 e. The van der Waals surface area contributed by atoms with E-state index in [1.807, 2.05) is 6.92 Å². The summed E-state index contributed by atoms with van der Waals surface area (Å²) in [5.41, 5.74) is 1.20. The molecule has 2 aromatic rings. The first-order valence-corrected chi connectivity index (χ1v) is 8.96. The van der Waals surface area contributed by atoms with Crippen molar-refractivity contribution in [2.75, 3.05) is 30.5 Å². The second kappa shape index (κ2) is 9.83. The topological polar surface area (TPSA) is 67.9 Å². The highest BCUT2D eigenvalue weighted by atomic mass is 35.5. The minimum absolute atomic E-state index is 0.127. The summed E-state index contributed by atoms with van der Waals surface area (Å²) >= 11 is 6.04. The van der Waals surface area contributed by atoms with Gasteiger partial charge in [-0.3, -0.25) is 9.59 Å². The van der Waals surface area contributed by atoms with Gasteiger partial charge in [0, 0.05) is 30.6 Å². The summed E-state index contributed by atoms with van der Waals surface area (Å²) in [5.74, 6) is 0.851. The SMILES string of the molecule is CCOc1ccc(NC(=O)CCN(C(C)=O)c2cc(Cl)ccc2OC)cc1. The number of hydrogen-bond acceptors (Lipinski definition) is 4. The average molecular weight is 391 g/mol. The number of nitrogens with one attached hydrogen (secondary N) is 1. The molecule has 0 aliphatic heterocycles. The zero-order valence-corrected chi connectivity index (χ0v) is 16.4. The quantitative estimate of drug-likeness (QED) is 0.735. The Morgan fingerprint density at radius 1 is 1.15 bits per heavy atom. The number of hydrogen-bond donors (Lipinski definition) is 1. The summed E-state index contributed by atoms with van der Waals surface area (Å²) in [6.07, 6.45) is 0.127. The molecule has 0 radical (unpaired) electrons. The van der Waals surface area contributed by atoms with Crippen LogP contribution in [0.15, 0.2) is 42.5 Å². The Labute approximate surface area is 164 Å². The predicted molar refractivity (Wildman–Crippen MR) is 107 cm³/mol. The molecular formula is C20H23ClN2O4. The Kier molecular flexibility index (Phi) is 7.49. The first-order valence-electron chi connectivity index (χ1n) is 8.59. The monoisotopic (exact) mass is 390 g/mol. The van der Waals surface area contributed by atoms with E-state index < -0.39 is 0 Å². The molecule has 0 unspecified atom stereocenters. The summed E-state index contributed by atoms with van der Waals surface area (Å²) < 4.78 is 10.7. The highest BCUT2D eigenvalue weighted by Crippen LogP contribution is 2.31. The zero-order chi connectivity index (χ0) is 19.8. The molecular weight excluding hydrogens is 368 g/mol. The van der Waals surface area contributed by atoms with Crippen LogP contribution in [0.5, 0.6) is 11.5 Å². The fourth-order valence-electron chi connectivity index (χ4n) is 2.56. The summed E-state index contributed by atoms with van der Waals surface area (Å²) in [6.45, 7) is 4.13. The van der Waals surface area contributed by atoms with Crippen LogP contribution in [0.3, 0.4) is 0 Å². The van der Waals surface area contributed by atoms with Gasteiger partial charge in [-0.05, 0) is 49.4 Å². The minimum atomic E-state index is -0.204. The molecule has 0 bridgehead atoms. The van der Waals surface area contributed by atoms with Gasteiger partial charge >= 0.3 is 0 Å². The molecule has 6 nitrogen and oxygen atoms in total. The van der Waals surface area contributed by atoms with E-state index in [1.54, 1.807) is 42.5 Å². The lowest BCUT2D eigenvalue weighted by Crippen LogP contribution is -2.32. The Balaban J connectivity index is 2.02. The fraction of sp³-hybridized carbons (Fsp3) is 0.300. The molecule has 0 aliphatic carbocycles. The van der Waals surface area contributed by atoms with Gasteiger partial charge in [-0.2, -0.15) is 0 Å². The lowest BCUT2D eigenvalue weighted by atomic mass is 10.2. The standard InChI is InChI=1S/C20H23ClN2O4/c1-4-27-17-8-6-16(7-9-17)22-20(25)11-12-23(14(2)24)18-13-15(21)5-10-19(18)26-3/h5-10,13H,4,11-12H2,1-3H3,(H,22,25). The van der Waals surface area contributed by atoms with Crippen LogP contribution >= 0.6 is 11.6 Å². The molecule has 144 valence electrons. The van der Waals surface area contributed by atoms with Gasteiger partial charge in [0.2, 0.25) is 11.8 Å². The van der Waals surface area contributed by atoms with Crippen molar-refractivity contribution >= 4 is 34.8 Å². The van der Waals surface area contributed by atoms with Gasteiger partial charge in [0.05, 0.1) is 19.4 Å². The van der Waals surface area contributed by atoms with E-state index in [2.05, 4.69) is 5.32 Å². The molecule has 2 rings (SSSR count). The predicted octanol–water partition coefficient (Wildman–Crippen LogP) is 4.13. The summed E-state index contributed by atoms with van der Waals surface area (Å²) in [6, 6.07) is 12.1. The van der Waals surface area contributed by atoms with Crippen molar-refractivity contribution in [3.8, 4) is 11.5 Å². The van der Waals surface area contributed by atoms with Crippen LogP contribution in [0.25, 0.3) is 0 Å². The molecule has 0 aliphatic rings. The fourth-order valence-corrected chi connectivity index (χ4v) is 2.73. The van der Waals surface area contributed by atoms with E-state index in [0.717, 1.165) is 5.75 Å². The summed E-state index contributed by atoms with van der Waals surface area (Å²) in [5, 5.41) is 3.29. The molecule has 1 N–H and O–H groups in total. The molecule has 0 saturated carbocycles. The first-order chi connectivity index (χ1) is 12.9. The number of anilines is 2. The van der Waals surface area contributed by atoms with Gasteiger partial charge in [-0.25, -0.2) is 0 Å². The van der Waals surface area contributed by atoms with Gasteiger partial charge in [0.15, 0.2) is 0 Å². The van der Waals surface area contributed by atoms with E-state index in [0.29, 0.717) is 28.8 Å². The van der Waals surface area contributed by atoms with Gasteiger partial charge in [-0.15, -0.1) is 0 Å².